The van der Waals surface area contributed by atoms with Crippen LogP contribution in [0.3, 0.4) is 0 Å². The Morgan fingerprint density at radius 2 is 2.15 bits per heavy atom. The highest BCUT2D eigenvalue weighted by Gasteiger charge is 1.94. The summed E-state index contributed by atoms with van der Waals surface area (Å²) in [6, 6.07) is 5.85. The van der Waals surface area contributed by atoms with Gasteiger partial charge >= 0.3 is 0 Å². The second kappa shape index (κ2) is 4.42. The van der Waals surface area contributed by atoms with Crippen LogP contribution in [0.4, 0.5) is 0 Å². The normalized spacial score (nSPS) is 10.7. The van der Waals surface area contributed by atoms with Gasteiger partial charge in [-0.2, -0.15) is 10.6 Å². The van der Waals surface area contributed by atoms with E-state index in [1.807, 2.05) is 25.1 Å². The maximum atomic E-state index is 11.0. The van der Waals surface area contributed by atoms with Crippen molar-refractivity contribution in [1.82, 2.24) is 0 Å². The predicted molar refractivity (Wildman–Crippen MR) is 54.2 cm³/mol. The largest absolute Gasteiger partial charge is 0.440 e. The molecule has 0 spiro atoms. The molecular formula is C10H14NOS-. The van der Waals surface area contributed by atoms with Crippen molar-refractivity contribution in [2.45, 2.75) is 31.6 Å². The Morgan fingerprint density at radius 1 is 1.46 bits per heavy atom. The highest BCUT2D eigenvalue weighted by Crippen LogP contribution is 2.14. The summed E-state index contributed by atoms with van der Waals surface area (Å²) >= 11 is 0. The van der Waals surface area contributed by atoms with Crippen molar-refractivity contribution in [2.24, 2.45) is 0 Å². The molecule has 1 aromatic rings. The second-order valence-corrected chi connectivity index (χ2v) is 4.10. The van der Waals surface area contributed by atoms with Gasteiger partial charge in [0.25, 0.3) is 0 Å². The summed E-state index contributed by atoms with van der Waals surface area (Å²) in [5, 5.41) is 0. The van der Waals surface area contributed by atoms with Crippen LogP contribution < -0.4 is 0 Å². The molecule has 1 rings (SSSR count). The van der Waals surface area contributed by atoms with Crippen LogP contribution in [0.2, 0.25) is 0 Å². The van der Waals surface area contributed by atoms with Crippen LogP contribution in [0.25, 0.3) is 0 Å². The number of rotatable bonds is 3. The summed E-state index contributed by atoms with van der Waals surface area (Å²) in [5.74, 6) is 0. The monoisotopic (exact) mass is 196 g/mol. The Hall–Kier alpha value is -0.830. The van der Waals surface area contributed by atoms with Gasteiger partial charge in [-0.15, -0.1) is 0 Å². The molecule has 0 heterocycles. The Bertz CT molecular complexity index is 361. The summed E-state index contributed by atoms with van der Waals surface area (Å²) in [6.07, 6.45) is 2.07. The summed E-state index contributed by atoms with van der Waals surface area (Å²) in [4.78, 5) is 0.644. The van der Waals surface area contributed by atoms with E-state index < -0.39 is 10.6 Å². The van der Waals surface area contributed by atoms with Gasteiger partial charge in [-0.05, 0) is 18.9 Å². The molecule has 0 fully saturated rings. The van der Waals surface area contributed by atoms with Crippen molar-refractivity contribution >= 4 is 10.6 Å². The van der Waals surface area contributed by atoms with Gasteiger partial charge in [0.1, 0.15) is 0 Å². The zero-order chi connectivity index (χ0) is 9.84. The predicted octanol–water partition coefficient (Wildman–Crippen LogP) is 3.03. The molecule has 0 aliphatic heterocycles. The lowest BCUT2D eigenvalue weighted by Crippen LogP contribution is -1.89. The first kappa shape index (κ1) is 10.3. The van der Waals surface area contributed by atoms with Crippen LogP contribution in [-0.2, 0) is 21.2 Å². The van der Waals surface area contributed by atoms with E-state index >= 15 is 0 Å². The summed E-state index contributed by atoms with van der Waals surface area (Å²) < 4.78 is 18.2. The molecule has 0 aliphatic rings. The van der Waals surface area contributed by atoms with Crippen LogP contribution in [0.15, 0.2) is 23.1 Å². The molecule has 72 valence electrons. The van der Waals surface area contributed by atoms with Crippen molar-refractivity contribution < 1.29 is 4.21 Å². The molecule has 1 aromatic carbocycles. The lowest BCUT2D eigenvalue weighted by molar-refractivity contribution is 0.598. The van der Waals surface area contributed by atoms with Crippen molar-refractivity contribution in [3.05, 3.63) is 29.3 Å². The van der Waals surface area contributed by atoms with Crippen LogP contribution >= 0.6 is 0 Å². The third kappa shape index (κ3) is 2.56. The van der Waals surface area contributed by atoms with Crippen LogP contribution in [0, 0.1) is 11.7 Å². The fourth-order valence-corrected chi connectivity index (χ4v) is 1.91. The van der Waals surface area contributed by atoms with Crippen molar-refractivity contribution in [3.63, 3.8) is 0 Å². The molecular weight excluding hydrogens is 182 g/mol. The molecule has 0 bridgehead atoms. The molecule has 13 heavy (non-hydrogen) atoms. The first-order valence-corrected chi connectivity index (χ1v) is 5.52. The third-order valence-electron chi connectivity index (χ3n) is 1.99. The Labute approximate surface area is 81.0 Å². The highest BCUT2D eigenvalue weighted by molar-refractivity contribution is 7.73. The number of nitrogens with one attached hydrogen (secondary N) is 1. The minimum Gasteiger partial charge on any atom is -0.440 e. The van der Waals surface area contributed by atoms with Crippen molar-refractivity contribution in [1.29, 1.82) is 4.78 Å². The van der Waals surface area contributed by atoms with E-state index in [2.05, 4.69) is 6.92 Å². The summed E-state index contributed by atoms with van der Waals surface area (Å²) in [6.45, 7) is 3.99. The van der Waals surface area contributed by atoms with Gasteiger partial charge in [0, 0.05) is 0 Å². The average Bonchev–Trinajstić information content (AvgIpc) is 2.08. The van der Waals surface area contributed by atoms with Crippen molar-refractivity contribution in [3.8, 4) is 0 Å². The Kier molecular flexibility index (Phi) is 3.48. The Balaban J connectivity index is 3.11. The summed E-state index contributed by atoms with van der Waals surface area (Å²) in [5.41, 5.74) is 2.11. The molecule has 0 amide bonds. The molecule has 0 aromatic heterocycles. The number of hydrogen-bond acceptors (Lipinski definition) is 3. The fourth-order valence-electron chi connectivity index (χ4n) is 1.29. The van der Waals surface area contributed by atoms with E-state index in [-0.39, 0.29) is 0 Å². The molecule has 3 heteroatoms. The second-order valence-electron chi connectivity index (χ2n) is 3.12. The minimum absolute atomic E-state index is 0.644. The lowest BCUT2D eigenvalue weighted by Gasteiger charge is -2.09. The van der Waals surface area contributed by atoms with Crippen molar-refractivity contribution in [2.75, 3.05) is 0 Å². The van der Waals surface area contributed by atoms with Gasteiger partial charge in [0.05, 0.1) is 0 Å². The first-order chi connectivity index (χ1) is 6.15. The van der Waals surface area contributed by atoms with E-state index in [1.54, 1.807) is 0 Å². The van der Waals surface area contributed by atoms with E-state index in [4.69, 9.17) is 4.78 Å². The smallest absolute Gasteiger partial charge is 0.0282 e. The molecule has 0 aliphatic carbocycles. The molecule has 0 saturated carbocycles. The molecule has 1 N–H and O–H groups in total. The topological polar surface area (TPSA) is 40.9 Å². The molecule has 0 radical (unpaired) electrons. The zero-order valence-electron chi connectivity index (χ0n) is 7.96. The van der Waals surface area contributed by atoms with Gasteiger partial charge < -0.3 is 8.99 Å². The van der Waals surface area contributed by atoms with Gasteiger partial charge in [-0.25, -0.2) is 0 Å². The van der Waals surface area contributed by atoms with Gasteiger partial charge in [0.2, 0.25) is 0 Å². The standard InChI is InChI=1S/C10H14NOS/c1-3-4-9-6-5-8(2)10(7-9)13(11)12/h5-7,11H,3-4H2,1-2H3/q-1. The molecule has 2 nitrogen and oxygen atoms in total. The SMILES string of the molecule is CCCc1ccc(C)c([S-](=N)=O)c1. The van der Waals surface area contributed by atoms with Crippen LogP contribution in [0.1, 0.15) is 24.5 Å². The van der Waals surface area contributed by atoms with E-state index in [0.29, 0.717) is 4.90 Å². The molecule has 0 saturated heterocycles. The van der Waals surface area contributed by atoms with E-state index in [9.17, 15) is 4.21 Å². The quantitative estimate of drug-likeness (QED) is 0.742. The number of aryl methyl sites for hydroxylation is 2. The maximum Gasteiger partial charge on any atom is -0.0282 e. The zero-order valence-corrected chi connectivity index (χ0v) is 8.78. The lowest BCUT2D eigenvalue weighted by atomic mass is 10.1. The van der Waals surface area contributed by atoms with Crippen LogP contribution in [0.5, 0.6) is 0 Å². The number of benzene rings is 1. The Morgan fingerprint density at radius 3 is 2.69 bits per heavy atom. The van der Waals surface area contributed by atoms with Gasteiger partial charge in [-0.3, -0.25) is 0 Å². The molecule has 0 unspecified atom stereocenters. The number of hydrogen-bond donors (Lipinski definition) is 1. The average molecular weight is 196 g/mol. The highest BCUT2D eigenvalue weighted by atomic mass is 32.2. The van der Waals surface area contributed by atoms with Gasteiger partial charge in [-0.1, -0.05) is 42.0 Å². The minimum atomic E-state index is -1.60. The first-order valence-electron chi connectivity index (χ1n) is 4.37. The van der Waals surface area contributed by atoms with Gasteiger partial charge in [0.15, 0.2) is 0 Å². The fraction of sp³-hybridized carbons (Fsp3) is 0.400. The maximum absolute atomic E-state index is 11.0. The van der Waals surface area contributed by atoms with E-state index in [0.717, 1.165) is 18.4 Å². The van der Waals surface area contributed by atoms with E-state index in [1.165, 1.54) is 5.56 Å². The third-order valence-corrected chi connectivity index (χ3v) is 2.83. The summed E-state index contributed by atoms with van der Waals surface area (Å²) in [7, 11) is -1.60. The van der Waals surface area contributed by atoms with Crippen LogP contribution in [-0.4, -0.2) is 0 Å². The molecule has 0 atom stereocenters.